The molecule has 0 unspecified atom stereocenters. The molecule has 6 heteroatoms. The van der Waals surface area contributed by atoms with Crippen molar-refractivity contribution < 1.29 is 18.6 Å². The Morgan fingerprint density at radius 3 is 2.81 bits per heavy atom. The highest BCUT2D eigenvalue weighted by Gasteiger charge is 2.10. The normalized spacial score (nSPS) is 11.2. The van der Waals surface area contributed by atoms with Crippen molar-refractivity contribution in [3.05, 3.63) is 24.4 Å². The zero-order valence-corrected chi connectivity index (χ0v) is 9.62. The van der Waals surface area contributed by atoms with Crippen molar-refractivity contribution in [1.82, 2.24) is 4.57 Å². The standard InChI is InChI=1S/C10H8BrF2NO2/c11-5-14-4-6-1-2-7(16-10(12)13)3-8(6)9(14)15/h1-4,10,15H,5H2. The predicted octanol–water partition coefficient (Wildman–Crippen LogP) is 3.30. The van der Waals surface area contributed by atoms with E-state index in [9.17, 15) is 13.9 Å². The van der Waals surface area contributed by atoms with Crippen LogP contribution < -0.4 is 4.74 Å². The molecule has 2 aromatic rings. The molecule has 1 N–H and O–H groups in total. The van der Waals surface area contributed by atoms with E-state index in [1.165, 1.54) is 12.1 Å². The summed E-state index contributed by atoms with van der Waals surface area (Å²) in [7, 11) is 0. The van der Waals surface area contributed by atoms with Crippen LogP contribution >= 0.6 is 15.9 Å². The third-order valence-electron chi connectivity index (χ3n) is 2.19. The van der Waals surface area contributed by atoms with Gasteiger partial charge in [-0.05, 0) is 18.2 Å². The van der Waals surface area contributed by atoms with Crippen LogP contribution in [0, 0.1) is 0 Å². The van der Waals surface area contributed by atoms with Crippen molar-refractivity contribution in [2.24, 2.45) is 0 Å². The summed E-state index contributed by atoms with van der Waals surface area (Å²) in [6.07, 6.45) is 1.71. The van der Waals surface area contributed by atoms with Crippen molar-refractivity contribution in [3.63, 3.8) is 0 Å². The Labute approximate surface area is 98.4 Å². The lowest BCUT2D eigenvalue weighted by atomic mass is 10.2. The summed E-state index contributed by atoms with van der Waals surface area (Å²) in [5.74, 6) is 0.0525. The van der Waals surface area contributed by atoms with Gasteiger partial charge in [0.1, 0.15) is 5.75 Å². The van der Waals surface area contributed by atoms with Crippen LogP contribution in [0.5, 0.6) is 11.6 Å². The van der Waals surface area contributed by atoms with E-state index in [0.29, 0.717) is 10.8 Å². The molecule has 0 saturated carbocycles. The number of benzene rings is 1. The number of rotatable bonds is 3. The molecule has 1 aromatic carbocycles. The molecule has 0 aliphatic heterocycles. The minimum atomic E-state index is -2.86. The van der Waals surface area contributed by atoms with Gasteiger partial charge in [0.05, 0.1) is 5.45 Å². The summed E-state index contributed by atoms with van der Waals surface area (Å²) in [6, 6.07) is 4.44. The fourth-order valence-electron chi connectivity index (χ4n) is 1.49. The quantitative estimate of drug-likeness (QED) is 0.881. The van der Waals surface area contributed by atoms with Gasteiger partial charge in [-0.3, -0.25) is 0 Å². The molecule has 1 heterocycles. The van der Waals surface area contributed by atoms with Gasteiger partial charge in [-0.2, -0.15) is 8.78 Å². The Morgan fingerprint density at radius 1 is 1.44 bits per heavy atom. The van der Waals surface area contributed by atoms with Crippen LogP contribution in [0.1, 0.15) is 0 Å². The highest BCUT2D eigenvalue weighted by atomic mass is 79.9. The van der Waals surface area contributed by atoms with Crippen LogP contribution in [0.2, 0.25) is 0 Å². The lowest BCUT2D eigenvalue weighted by Crippen LogP contribution is -2.01. The molecule has 0 atom stereocenters. The molecule has 2 rings (SSSR count). The van der Waals surface area contributed by atoms with Crippen LogP contribution in [0.15, 0.2) is 24.4 Å². The third kappa shape index (κ3) is 1.97. The molecule has 0 amide bonds. The molecule has 0 bridgehead atoms. The predicted molar refractivity (Wildman–Crippen MR) is 59.2 cm³/mol. The fraction of sp³-hybridized carbons (Fsp3) is 0.200. The number of halogens is 3. The van der Waals surface area contributed by atoms with Gasteiger partial charge in [-0.25, -0.2) is 0 Å². The first-order valence-corrected chi connectivity index (χ1v) is 5.56. The molecule has 0 radical (unpaired) electrons. The topological polar surface area (TPSA) is 34.4 Å². The van der Waals surface area contributed by atoms with E-state index in [1.54, 1.807) is 16.8 Å². The summed E-state index contributed by atoms with van der Waals surface area (Å²) in [5.41, 5.74) is 0.429. The Balaban J connectivity index is 2.48. The van der Waals surface area contributed by atoms with Gasteiger partial charge in [0, 0.05) is 17.0 Å². The first kappa shape index (κ1) is 11.2. The van der Waals surface area contributed by atoms with Crippen molar-refractivity contribution >= 4 is 26.7 Å². The van der Waals surface area contributed by atoms with Gasteiger partial charge in [0.2, 0.25) is 0 Å². The Hall–Kier alpha value is -1.30. The molecule has 0 aliphatic carbocycles. The Morgan fingerprint density at radius 2 is 2.19 bits per heavy atom. The molecule has 0 saturated heterocycles. The third-order valence-corrected chi connectivity index (χ3v) is 2.73. The van der Waals surface area contributed by atoms with E-state index >= 15 is 0 Å². The summed E-state index contributed by atoms with van der Waals surface area (Å²) < 4.78 is 29.8. The van der Waals surface area contributed by atoms with E-state index in [-0.39, 0.29) is 11.6 Å². The number of aromatic hydroxyl groups is 1. The Bertz CT molecular complexity index is 513. The zero-order chi connectivity index (χ0) is 11.7. The fourth-order valence-corrected chi connectivity index (χ4v) is 1.87. The van der Waals surface area contributed by atoms with Crippen molar-refractivity contribution in [2.45, 2.75) is 12.1 Å². The Kier molecular flexibility index (Phi) is 3.00. The molecule has 86 valence electrons. The minimum absolute atomic E-state index is 0.0200. The number of nitrogens with zero attached hydrogens (tertiary/aromatic N) is 1. The van der Waals surface area contributed by atoms with Gasteiger partial charge >= 0.3 is 6.61 Å². The highest BCUT2D eigenvalue weighted by molar-refractivity contribution is 9.08. The first-order valence-electron chi connectivity index (χ1n) is 4.44. The maximum absolute atomic E-state index is 12.0. The molecule has 0 fully saturated rings. The van der Waals surface area contributed by atoms with E-state index in [4.69, 9.17) is 0 Å². The number of hydrogen-bond donors (Lipinski definition) is 1. The second-order valence-electron chi connectivity index (χ2n) is 3.17. The van der Waals surface area contributed by atoms with E-state index in [2.05, 4.69) is 20.7 Å². The van der Waals surface area contributed by atoms with Gasteiger partial charge in [0.15, 0.2) is 5.88 Å². The zero-order valence-electron chi connectivity index (χ0n) is 8.03. The minimum Gasteiger partial charge on any atom is -0.494 e. The molecule has 0 aliphatic rings. The summed E-state index contributed by atoms with van der Waals surface area (Å²) in [6.45, 7) is -2.86. The smallest absolute Gasteiger partial charge is 0.387 e. The van der Waals surface area contributed by atoms with Crippen LogP contribution in [0.25, 0.3) is 10.8 Å². The SMILES string of the molecule is Oc1c2cc(OC(F)F)ccc2cn1CBr. The van der Waals surface area contributed by atoms with Crippen LogP contribution in [0.4, 0.5) is 8.78 Å². The van der Waals surface area contributed by atoms with Crippen LogP contribution in [0.3, 0.4) is 0 Å². The summed E-state index contributed by atoms with van der Waals surface area (Å²) >= 11 is 3.20. The molecular formula is C10H8BrF2NO2. The largest absolute Gasteiger partial charge is 0.494 e. The average Bonchev–Trinajstić information content (AvgIpc) is 2.55. The van der Waals surface area contributed by atoms with Crippen LogP contribution in [-0.4, -0.2) is 16.3 Å². The maximum Gasteiger partial charge on any atom is 0.387 e. The summed E-state index contributed by atoms with van der Waals surface area (Å²) in [5, 5.41) is 11.0. The van der Waals surface area contributed by atoms with Crippen LogP contribution in [-0.2, 0) is 5.45 Å². The maximum atomic E-state index is 12.0. The number of hydrogen-bond acceptors (Lipinski definition) is 2. The highest BCUT2D eigenvalue weighted by Crippen LogP contribution is 2.31. The summed E-state index contributed by atoms with van der Waals surface area (Å²) in [4.78, 5) is 0. The monoisotopic (exact) mass is 291 g/mol. The van der Waals surface area contributed by atoms with Crippen molar-refractivity contribution in [3.8, 4) is 11.6 Å². The molecule has 1 aromatic heterocycles. The average molecular weight is 292 g/mol. The number of aromatic nitrogens is 1. The van der Waals surface area contributed by atoms with Gasteiger partial charge in [-0.15, -0.1) is 0 Å². The van der Waals surface area contributed by atoms with Crippen molar-refractivity contribution in [2.75, 3.05) is 0 Å². The second kappa shape index (κ2) is 4.29. The number of ether oxygens (including phenoxy) is 1. The molecule has 0 spiro atoms. The first-order chi connectivity index (χ1) is 7.61. The van der Waals surface area contributed by atoms with Gasteiger partial charge < -0.3 is 14.4 Å². The number of fused-ring (bicyclic) bond motifs is 1. The second-order valence-corrected chi connectivity index (χ2v) is 3.67. The molecule has 16 heavy (non-hydrogen) atoms. The lowest BCUT2D eigenvalue weighted by Gasteiger charge is -2.03. The lowest BCUT2D eigenvalue weighted by molar-refractivity contribution is -0.0497. The van der Waals surface area contributed by atoms with E-state index in [1.807, 2.05) is 0 Å². The van der Waals surface area contributed by atoms with Crippen molar-refractivity contribution in [1.29, 1.82) is 0 Å². The van der Waals surface area contributed by atoms with Gasteiger partial charge in [0.25, 0.3) is 0 Å². The van der Waals surface area contributed by atoms with E-state index < -0.39 is 6.61 Å². The molecular weight excluding hydrogens is 284 g/mol. The molecule has 3 nitrogen and oxygen atoms in total. The number of alkyl halides is 3. The van der Waals surface area contributed by atoms with E-state index in [0.717, 1.165) is 5.39 Å². The van der Waals surface area contributed by atoms with Gasteiger partial charge in [-0.1, -0.05) is 15.9 Å².